The average molecular weight is 269 g/mol. The van der Waals surface area contributed by atoms with Crippen molar-refractivity contribution in [3.8, 4) is 0 Å². The van der Waals surface area contributed by atoms with E-state index in [1.807, 2.05) is 0 Å². The maximum Gasteiger partial charge on any atom is 0.132 e. The molecule has 4 heteroatoms. The molecule has 0 aliphatic carbocycles. The Balaban J connectivity index is 2.14. The fourth-order valence-corrected chi connectivity index (χ4v) is 2.81. The molecule has 1 N–H and O–H groups in total. The summed E-state index contributed by atoms with van der Waals surface area (Å²) in [6.45, 7) is 6.56. The molecule has 1 heterocycles. The van der Waals surface area contributed by atoms with Gasteiger partial charge in [0.15, 0.2) is 0 Å². The van der Waals surface area contributed by atoms with Crippen LogP contribution in [0.1, 0.15) is 32.3 Å². The van der Waals surface area contributed by atoms with Crippen molar-refractivity contribution in [2.24, 2.45) is 5.92 Å². The van der Waals surface area contributed by atoms with Crippen LogP contribution in [0.15, 0.2) is 18.2 Å². The fraction of sp³-hybridized carbons (Fsp3) is 0.600. The highest BCUT2D eigenvalue weighted by Gasteiger charge is 2.38. The monoisotopic (exact) mass is 269 g/mol. The zero-order valence-electron chi connectivity index (χ0n) is 11.5. The van der Waals surface area contributed by atoms with Crippen LogP contribution in [0.2, 0.25) is 0 Å². The summed E-state index contributed by atoms with van der Waals surface area (Å²) in [5, 5.41) is 10.5. The van der Waals surface area contributed by atoms with Gasteiger partial charge in [-0.15, -0.1) is 0 Å². The lowest BCUT2D eigenvalue weighted by Gasteiger charge is -2.39. The van der Waals surface area contributed by atoms with Crippen LogP contribution in [0.3, 0.4) is 0 Å². The van der Waals surface area contributed by atoms with Crippen LogP contribution in [0.5, 0.6) is 0 Å². The van der Waals surface area contributed by atoms with Gasteiger partial charge >= 0.3 is 0 Å². The van der Waals surface area contributed by atoms with Gasteiger partial charge in [0.05, 0.1) is 11.2 Å². The number of nitrogens with zero attached hydrogens (tertiary/aromatic N) is 1. The number of piperidine rings is 1. The number of aliphatic hydroxyl groups is 1. The molecule has 1 aromatic rings. The predicted molar refractivity (Wildman–Crippen MR) is 70.8 cm³/mol. The summed E-state index contributed by atoms with van der Waals surface area (Å²) in [6.07, 6.45) is 0.745. The highest BCUT2D eigenvalue weighted by molar-refractivity contribution is 5.27. The number of hydrogen-bond donors (Lipinski definition) is 1. The first kappa shape index (κ1) is 14.4. The fourth-order valence-electron chi connectivity index (χ4n) is 2.81. The lowest BCUT2D eigenvalue weighted by molar-refractivity contribution is -0.0331. The highest BCUT2D eigenvalue weighted by Crippen LogP contribution is 2.35. The molecular weight excluding hydrogens is 248 g/mol. The van der Waals surface area contributed by atoms with E-state index in [2.05, 4.69) is 18.7 Å². The van der Waals surface area contributed by atoms with Crippen LogP contribution in [0, 0.1) is 17.6 Å². The van der Waals surface area contributed by atoms with Gasteiger partial charge in [0.25, 0.3) is 0 Å². The molecule has 19 heavy (non-hydrogen) atoms. The topological polar surface area (TPSA) is 23.5 Å². The molecule has 1 fully saturated rings. The molecule has 2 nitrogen and oxygen atoms in total. The molecule has 0 aromatic heterocycles. The summed E-state index contributed by atoms with van der Waals surface area (Å²) >= 11 is 0. The molecule has 1 saturated heterocycles. The van der Waals surface area contributed by atoms with Crippen LogP contribution in [-0.2, 0) is 5.60 Å². The molecule has 0 radical (unpaired) electrons. The van der Waals surface area contributed by atoms with E-state index in [-0.39, 0.29) is 5.56 Å². The van der Waals surface area contributed by atoms with E-state index >= 15 is 0 Å². The maximum absolute atomic E-state index is 13.8. The van der Waals surface area contributed by atoms with Crippen molar-refractivity contribution in [2.45, 2.75) is 32.3 Å². The van der Waals surface area contributed by atoms with E-state index in [9.17, 15) is 13.9 Å². The minimum atomic E-state index is -1.37. The first-order valence-corrected chi connectivity index (χ1v) is 6.81. The third kappa shape index (κ3) is 3.12. The second kappa shape index (κ2) is 5.55. The Morgan fingerprint density at radius 1 is 1.21 bits per heavy atom. The van der Waals surface area contributed by atoms with Crippen molar-refractivity contribution in [3.05, 3.63) is 35.4 Å². The Morgan fingerprint density at radius 2 is 1.74 bits per heavy atom. The zero-order chi connectivity index (χ0) is 14.0. The van der Waals surface area contributed by atoms with Gasteiger partial charge in [-0.2, -0.15) is 0 Å². The van der Waals surface area contributed by atoms with Crippen LogP contribution in [-0.4, -0.2) is 29.6 Å². The van der Waals surface area contributed by atoms with Crippen molar-refractivity contribution >= 4 is 0 Å². The molecule has 0 amide bonds. The minimum Gasteiger partial charge on any atom is -0.385 e. The van der Waals surface area contributed by atoms with Crippen molar-refractivity contribution in [1.82, 2.24) is 4.90 Å². The summed E-state index contributed by atoms with van der Waals surface area (Å²) < 4.78 is 27.5. The summed E-state index contributed by atoms with van der Waals surface area (Å²) in [6, 6.07) is 3.74. The van der Waals surface area contributed by atoms with Gasteiger partial charge < -0.3 is 10.0 Å². The Labute approximate surface area is 113 Å². The van der Waals surface area contributed by atoms with Crippen molar-refractivity contribution in [3.63, 3.8) is 0 Å². The molecule has 0 bridgehead atoms. The van der Waals surface area contributed by atoms with E-state index in [1.54, 1.807) is 0 Å². The summed E-state index contributed by atoms with van der Waals surface area (Å²) in [4.78, 5) is 2.23. The van der Waals surface area contributed by atoms with E-state index in [0.717, 1.165) is 6.54 Å². The van der Waals surface area contributed by atoms with E-state index < -0.39 is 17.2 Å². The number of likely N-dealkylation sites (tertiary alicyclic amines) is 1. The first-order chi connectivity index (χ1) is 8.92. The van der Waals surface area contributed by atoms with E-state index in [0.29, 0.717) is 31.8 Å². The van der Waals surface area contributed by atoms with Crippen LogP contribution < -0.4 is 0 Å². The molecule has 0 spiro atoms. The van der Waals surface area contributed by atoms with Gasteiger partial charge in [-0.25, -0.2) is 8.78 Å². The number of hydrogen-bond acceptors (Lipinski definition) is 2. The highest BCUT2D eigenvalue weighted by atomic mass is 19.1. The molecule has 106 valence electrons. The lowest BCUT2D eigenvalue weighted by Crippen LogP contribution is -2.44. The molecular formula is C15H21F2NO. The standard InChI is InChI=1S/C15H21F2NO/c1-11(2)10-18-8-6-15(19,7-9-18)14-12(16)4-3-5-13(14)17/h3-5,11,19H,6-10H2,1-2H3. The predicted octanol–water partition coefficient (Wildman–Crippen LogP) is 2.90. The largest absolute Gasteiger partial charge is 0.385 e. The first-order valence-electron chi connectivity index (χ1n) is 6.81. The van der Waals surface area contributed by atoms with Crippen molar-refractivity contribution in [2.75, 3.05) is 19.6 Å². The summed E-state index contributed by atoms with van der Waals surface area (Å²) in [5.41, 5.74) is -1.54. The van der Waals surface area contributed by atoms with Crippen molar-refractivity contribution in [1.29, 1.82) is 0 Å². The number of rotatable bonds is 3. The third-order valence-corrected chi connectivity index (χ3v) is 3.73. The molecule has 1 aliphatic heterocycles. The van der Waals surface area contributed by atoms with E-state index in [1.165, 1.54) is 18.2 Å². The minimum absolute atomic E-state index is 0.167. The van der Waals surface area contributed by atoms with Gasteiger partial charge in [-0.05, 0) is 30.9 Å². The molecule has 1 aromatic carbocycles. The number of halogens is 2. The second-order valence-electron chi connectivity index (χ2n) is 5.82. The summed E-state index contributed by atoms with van der Waals surface area (Å²) in [5.74, 6) is -0.754. The van der Waals surface area contributed by atoms with Crippen molar-refractivity contribution < 1.29 is 13.9 Å². The van der Waals surface area contributed by atoms with Gasteiger partial charge in [-0.3, -0.25) is 0 Å². The molecule has 0 unspecified atom stereocenters. The van der Waals surface area contributed by atoms with Crippen LogP contribution in [0.4, 0.5) is 8.78 Å². The van der Waals surface area contributed by atoms with Gasteiger partial charge in [0.2, 0.25) is 0 Å². The summed E-state index contributed by atoms with van der Waals surface area (Å²) in [7, 11) is 0. The molecule has 0 saturated carbocycles. The second-order valence-corrected chi connectivity index (χ2v) is 5.82. The Morgan fingerprint density at radius 3 is 2.21 bits per heavy atom. The molecule has 1 aliphatic rings. The quantitative estimate of drug-likeness (QED) is 0.912. The SMILES string of the molecule is CC(C)CN1CCC(O)(c2c(F)cccc2F)CC1. The normalized spacial score (nSPS) is 19.9. The van der Waals surface area contributed by atoms with E-state index in [4.69, 9.17) is 0 Å². The molecule has 2 rings (SSSR count). The average Bonchev–Trinajstić information content (AvgIpc) is 2.31. The van der Waals surface area contributed by atoms with Crippen LogP contribution >= 0.6 is 0 Å². The van der Waals surface area contributed by atoms with Gasteiger partial charge in [-0.1, -0.05) is 19.9 Å². The maximum atomic E-state index is 13.8. The molecule has 0 atom stereocenters. The Bertz CT molecular complexity index is 420. The zero-order valence-corrected chi connectivity index (χ0v) is 11.5. The van der Waals surface area contributed by atoms with Gasteiger partial charge in [0, 0.05) is 19.6 Å². The van der Waals surface area contributed by atoms with Crippen LogP contribution in [0.25, 0.3) is 0 Å². The smallest absolute Gasteiger partial charge is 0.132 e. The Kier molecular flexibility index (Phi) is 4.21. The number of benzene rings is 1. The Hall–Kier alpha value is -1.00. The lowest BCUT2D eigenvalue weighted by atomic mass is 9.83. The third-order valence-electron chi connectivity index (χ3n) is 3.73. The van der Waals surface area contributed by atoms with Gasteiger partial charge in [0.1, 0.15) is 11.6 Å².